The van der Waals surface area contributed by atoms with Crippen LogP contribution >= 0.6 is 0 Å². The second-order valence-corrected chi connectivity index (χ2v) is 5.09. The van der Waals surface area contributed by atoms with Crippen LogP contribution in [0.5, 0.6) is 28.7 Å². The predicted molar refractivity (Wildman–Crippen MR) is 78.5 cm³/mol. The summed E-state index contributed by atoms with van der Waals surface area (Å²) < 4.78 is 5.49. The Labute approximate surface area is 125 Å². The minimum atomic E-state index is -0.445. The van der Waals surface area contributed by atoms with Crippen LogP contribution in [-0.2, 0) is 0 Å². The summed E-state index contributed by atoms with van der Waals surface area (Å²) in [6.07, 6.45) is 0. The zero-order valence-electron chi connectivity index (χ0n) is 11.6. The van der Waals surface area contributed by atoms with Crippen LogP contribution in [0.3, 0.4) is 0 Å². The molecule has 0 fully saturated rings. The molecular formula is C16H14O6. The van der Waals surface area contributed by atoms with E-state index in [-0.39, 0.29) is 39.7 Å². The van der Waals surface area contributed by atoms with Gasteiger partial charge in [-0.2, -0.15) is 0 Å². The van der Waals surface area contributed by atoms with Crippen molar-refractivity contribution in [2.24, 2.45) is 0 Å². The molecule has 1 unspecified atom stereocenters. The van der Waals surface area contributed by atoms with Crippen LogP contribution < -0.4 is 0 Å². The number of benzene rings is 2. The van der Waals surface area contributed by atoms with E-state index in [9.17, 15) is 25.5 Å². The summed E-state index contributed by atoms with van der Waals surface area (Å²) in [6.45, 7) is 1.74. The van der Waals surface area contributed by atoms with Gasteiger partial charge in [0.1, 0.15) is 0 Å². The number of aromatic hydroxyl groups is 5. The Morgan fingerprint density at radius 1 is 0.818 bits per heavy atom. The van der Waals surface area contributed by atoms with Crippen molar-refractivity contribution >= 4 is 11.0 Å². The molecule has 0 aliphatic heterocycles. The van der Waals surface area contributed by atoms with Crippen LogP contribution in [0.15, 0.2) is 34.7 Å². The lowest BCUT2D eigenvalue weighted by molar-refractivity contribution is 0.394. The first-order valence-electron chi connectivity index (χ1n) is 6.58. The Bertz CT molecular complexity index is 865. The average Bonchev–Trinajstić information content (AvgIpc) is 2.83. The van der Waals surface area contributed by atoms with Gasteiger partial charge >= 0.3 is 0 Å². The Morgan fingerprint density at radius 3 is 2.18 bits per heavy atom. The van der Waals surface area contributed by atoms with Crippen LogP contribution in [0.1, 0.15) is 24.2 Å². The standard InChI is InChI=1S/C16H14O6/c1-7(8-2-4-10(17)12(19)6-8)15-13(20)9-3-5-11(18)14(21)16(9)22-15/h2-7,17-21H,1H3. The summed E-state index contributed by atoms with van der Waals surface area (Å²) in [4.78, 5) is 0. The Kier molecular flexibility index (Phi) is 3.02. The van der Waals surface area contributed by atoms with Gasteiger partial charge in [-0.15, -0.1) is 0 Å². The molecule has 22 heavy (non-hydrogen) atoms. The van der Waals surface area contributed by atoms with Crippen LogP contribution in [-0.4, -0.2) is 25.5 Å². The van der Waals surface area contributed by atoms with Gasteiger partial charge in [0.05, 0.1) is 5.39 Å². The van der Waals surface area contributed by atoms with Crippen LogP contribution in [0, 0.1) is 0 Å². The number of furan rings is 1. The quantitative estimate of drug-likeness (QED) is 0.465. The van der Waals surface area contributed by atoms with Crippen LogP contribution in [0.2, 0.25) is 0 Å². The molecule has 6 nitrogen and oxygen atoms in total. The molecule has 0 bridgehead atoms. The molecule has 1 atom stereocenters. The average molecular weight is 302 g/mol. The van der Waals surface area contributed by atoms with E-state index in [1.165, 1.54) is 24.3 Å². The Hall–Kier alpha value is -3.02. The molecule has 6 heteroatoms. The number of hydrogen-bond donors (Lipinski definition) is 5. The van der Waals surface area contributed by atoms with Crippen molar-refractivity contribution in [2.75, 3.05) is 0 Å². The lowest BCUT2D eigenvalue weighted by Gasteiger charge is -2.10. The van der Waals surface area contributed by atoms with E-state index in [0.717, 1.165) is 0 Å². The van der Waals surface area contributed by atoms with E-state index in [1.807, 2.05) is 0 Å². The maximum atomic E-state index is 10.3. The van der Waals surface area contributed by atoms with E-state index in [0.29, 0.717) is 5.56 Å². The van der Waals surface area contributed by atoms with Gasteiger partial charge in [0.15, 0.2) is 34.3 Å². The highest BCUT2D eigenvalue weighted by atomic mass is 16.4. The van der Waals surface area contributed by atoms with Gasteiger partial charge in [0.25, 0.3) is 0 Å². The van der Waals surface area contributed by atoms with E-state index in [2.05, 4.69) is 0 Å². The topological polar surface area (TPSA) is 114 Å². The summed E-state index contributed by atoms with van der Waals surface area (Å²) in [7, 11) is 0. The van der Waals surface area contributed by atoms with Crippen molar-refractivity contribution in [1.29, 1.82) is 0 Å². The second kappa shape index (κ2) is 4.77. The van der Waals surface area contributed by atoms with E-state index < -0.39 is 11.7 Å². The lowest BCUT2D eigenvalue weighted by atomic mass is 9.97. The fourth-order valence-corrected chi connectivity index (χ4v) is 2.40. The van der Waals surface area contributed by atoms with Gasteiger partial charge in [-0.05, 0) is 29.8 Å². The van der Waals surface area contributed by atoms with Crippen LogP contribution in [0.4, 0.5) is 0 Å². The van der Waals surface area contributed by atoms with Gasteiger partial charge in [0.2, 0.25) is 5.75 Å². The number of phenolic OH excluding ortho intramolecular Hbond substituents is 4. The van der Waals surface area contributed by atoms with Crippen molar-refractivity contribution < 1.29 is 29.9 Å². The first kappa shape index (κ1) is 13.9. The molecule has 0 aliphatic carbocycles. The number of rotatable bonds is 2. The minimum Gasteiger partial charge on any atom is -0.504 e. The third-order valence-corrected chi connectivity index (χ3v) is 3.70. The summed E-state index contributed by atoms with van der Waals surface area (Å²) in [5.74, 6) is -1.72. The van der Waals surface area contributed by atoms with Gasteiger partial charge in [-0.1, -0.05) is 13.0 Å². The molecule has 1 heterocycles. The number of phenols is 4. The normalized spacial score (nSPS) is 12.6. The van der Waals surface area contributed by atoms with Crippen molar-refractivity contribution in [3.63, 3.8) is 0 Å². The van der Waals surface area contributed by atoms with E-state index >= 15 is 0 Å². The van der Waals surface area contributed by atoms with Gasteiger partial charge < -0.3 is 29.9 Å². The summed E-state index contributed by atoms with van der Waals surface area (Å²) in [5.41, 5.74) is 0.593. The first-order chi connectivity index (χ1) is 10.4. The van der Waals surface area contributed by atoms with Gasteiger partial charge in [0, 0.05) is 5.92 Å². The lowest BCUT2D eigenvalue weighted by Crippen LogP contribution is -1.94. The predicted octanol–water partition coefficient (Wildman–Crippen LogP) is 3.11. The zero-order chi connectivity index (χ0) is 16.0. The maximum absolute atomic E-state index is 10.3. The highest BCUT2D eigenvalue weighted by Crippen LogP contribution is 2.45. The third-order valence-electron chi connectivity index (χ3n) is 3.70. The molecule has 0 amide bonds. The molecule has 3 aromatic rings. The van der Waals surface area contributed by atoms with Gasteiger partial charge in [-0.3, -0.25) is 0 Å². The van der Waals surface area contributed by atoms with Crippen molar-refractivity contribution in [3.05, 3.63) is 41.7 Å². The molecule has 114 valence electrons. The van der Waals surface area contributed by atoms with Gasteiger partial charge in [-0.25, -0.2) is 0 Å². The summed E-state index contributed by atoms with van der Waals surface area (Å²) in [6, 6.07) is 6.99. The molecule has 5 N–H and O–H groups in total. The minimum absolute atomic E-state index is 0.0117. The number of fused-ring (bicyclic) bond motifs is 1. The van der Waals surface area contributed by atoms with Crippen LogP contribution in [0.25, 0.3) is 11.0 Å². The highest BCUT2D eigenvalue weighted by Gasteiger charge is 2.23. The van der Waals surface area contributed by atoms with E-state index in [1.54, 1.807) is 13.0 Å². The maximum Gasteiger partial charge on any atom is 0.201 e. The summed E-state index contributed by atoms with van der Waals surface area (Å²) >= 11 is 0. The van der Waals surface area contributed by atoms with E-state index in [4.69, 9.17) is 4.42 Å². The molecule has 0 radical (unpaired) electrons. The molecule has 2 aromatic carbocycles. The summed E-state index contributed by atoms with van der Waals surface area (Å²) in [5, 5.41) is 48.7. The highest BCUT2D eigenvalue weighted by molar-refractivity contribution is 5.91. The third kappa shape index (κ3) is 1.96. The van der Waals surface area contributed by atoms with Crippen molar-refractivity contribution in [2.45, 2.75) is 12.8 Å². The monoisotopic (exact) mass is 302 g/mol. The van der Waals surface area contributed by atoms with Crippen molar-refractivity contribution in [3.8, 4) is 28.7 Å². The first-order valence-corrected chi connectivity index (χ1v) is 6.58. The second-order valence-electron chi connectivity index (χ2n) is 5.09. The fraction of sp³-hybridized carbons (Fsp3) is 0.125. The molecular weight excluding hydrogens is 288 g/mol. The Morgan fingerprint density at radius 2 is 1.50 bits per heavy atom. The zero-order valence-corrected chi connectivity index (χ0v) is 11.6. The number of hydrogen-bond acceptors (Lipinski definition) is 6. The molecule has 1 aromatic heterocycles. The fourth-order valence-electron chi connectivity index (χ4n) is 2.40. The SMILES string of the molecule is CC(c1ccc(O)c(O)c1)c1oc2c(O)c(O)ccc2c1O. The molecule has 0 aliphatic rings. The smallest absolute Gasteiger partial charge is 0.201 e. The Balaban J connectivity index is 2.15. The molecule has 0 spiro atoms. The van der Waals surface area contributed by atoms with Crippen molar-refractivity contribution in [1.82, 2.24) is 0 Å². The molecule has 3 rings (SSSR count). The largest absolute Gasteiger partial charge is 0.504 e. The molecule has 0 saturated carbocycles. The molecule has 0 saturated heterocycles.